The molecule has 2 nitrogen and oxygen atoms in total. The Morgan fingerprint density at radius 1 is 1.24 bits per heavy atom. The fraction of sp³-hybridized carbons (Fsp3) is 0.444. The Morgan fingerprint density at radius 3 is 2.52 bits per heavy atom. The van der Waals surface area contributed by atoms with Gasteiger partial charge in [0.15, 0.2) is 0 Å². The van der Waals surface area contributed by atoms with E-state index < -0.39 is 0 Å². The van der Waals surface area contributed by atoms with Crippen molar-refractivity contribution in [2.75, 3.05) is 5.73 Å². The van der Waals surface area contributed by atoms with Crippen LogP contribution in [0.25, 0.3) is 0 Å². The van der Waals surface area contributed by atoms with Crippen LogP contribution in [0.2, 0.25) is 6.32 Å². The molecule has 1 aliphatic rings. The van der Waals surface area contributed by atoms with Gasteiger partial charge in [0.25, 0.3) is 0 Å². The van der Waals surface area contributed by atoms with E-state index in [9.17, 15) is 0 Å². The van der Waals surface area contributed by atoms with Crippen molar-refractivity contribution in [3.8, 4) is 0 Å². The Kier molecular flexibility index (Phi) is 3.20. The summed E-state index contributed by atoms with van der Waals surface area (Å²) >= 11 is 0. The number of nitrogen functional groups attached to an aromatic ring is 1. The van der Waals surface area contributed by atoms with Gasteiger partial charge in [-0.25, -0.2) is 0 Å². The molecule has 2 N–H and O–H groups in total. The Balaban J connectivity index is 2.33. The molecule has 0 saturated heterocycles. The number of anilines is 1. The molecule has 2 aromatic rings. The van der Waals surface area contributed by atoms with Gasteiger partial charge in [0.1, 0.15) is 11.5 Å². The monoisotopic (exact) mass is 281 g/mol. The molecule has 0 radical (unpaired) electrons. The van der Waals surface area contributed by atoms with Gasteiger partial charge in [-0.3, -0.25) is 0 Å². The van der Waals surface area contributed by atoms with Crippen LogP contribution in [0.4, 0.5) is 5.69 Å². The van der Waals surface area contributed by atoms with Crippen molar-refractivity contribution in [3.05, 3.63) is 41.3 Å². The number of benzene rings is 1. The molecular formula is C18H24BNO. The van der Waals surface area contributed by atoms with E-state index in [-0.39, 0.29) is 5.41 Å². The van der Waals surface area contributed by atoms with Gasteiger partial charge in [0, 0.05) is 11.3 Å². The molecule has 2 heterocycles. The first kappa shape index (κ1) is 14.3. The highest BCUT2D eigenvalue weighted by Crippen LogP contribution is 2.38. The molecule has 0 saturated carbocycles. The van der Waals surface area contributed by atoms with E-state index in [4.69, 9.17) is 10.2 Å². The summed E-state index contributed by atoms with van der Waals surface area (Å²) in [5.41, 5.74) is 11.2. The van der Waals surface area contributed by atoms with Gasteiger partial charge >= 0.3 is 0 Å². The van der Waals surface area contributed by atoms with Crippen molar-refractivity contribution in [1.82, 2.24) is 0 Å². The second-order valence-electron chi connectivity index (χ2n) is 6.95. The van der Waals surface area contributed by atoms with E-state index >= 15 is 0 Å². The molecular weight excluding hydrogens is 257 g/mol. The second kappa shape index (κ2) is 4.69. The average Bonchev–Trinajstić information content (AvgIpc) is 2.79. The van der Waals surface area contributed by atoms with Crippen LogP contribution in [-0.2, 0) is 5.41 Å². The zero-order valence-electron chi connectivity index (χ0n) is 13.7. The van der Waals surface area contributed by atoms with Crippen molar-refractivity contribution < 1.29 is 4.42 Å². The molecule has 0 atom stereocenters. The van der Waals surface area contributed by atoms with Crippen LogP contribution in [0.15, 0.2) is 28.7 Å². The molecule has 0 amide bonds. The van der Waals surface area contributed by atoms with Crippen molar-refractivity contribution >= 4 is 23.3 Å². The molecule has 0 fully saturated rings. The van der Waals surface area contributed by atoms with Gasteiger partial charge in [-0.05, 0) is 24.9 Å². The Hall–Kier alpha value is -1.64. The van der Waals surface area contributed by atoms with Crippen molar-refractivity contribution in [2.45, 2.75) is 52.3 Å². The topological polar surface area (TPSA) is 39.2 Å². The van der Waals surface area contributed by atoms with Crippen LogP contribution in [0.3, 0.4) is 0 Å². The summed E-state index contributed by atoms with van der Waals surface area (Å²) < 4.78 is 6.28. The predicted molar refractivity (Wildman–Crippen MR) is 91.3 cm³/mol. The van der Waals surface area contributed by atoms with Crippen molar-refractivity contribution in [2.24, 2.45) is 0 Å². The molecule has 0 unspecified atom stereocenters. The Bertz CT molecular complexity index is 685. The molecule has 1 aromatic heterocycles. The summed E-state index contributed by atoms with van der Waals surface area (Å²) in [5, 5.41) is 0. The van der Waals surface area contributed by atoms with Gasteiger partial charge < -0.3 is 10.2 Å². The number of rotatable bonds is 2. The van der Waals surface area contributed by atoms with Gasteiger partial charge in [0.05, 0.1) is 5.69 Å². The normalized spacial score (nSPS) is 16.0. The van der Waals surface area contributed by atoms with E-state index in [0.29, 0.717) is 12.6 Å². The lowest BCUT2D eigenvalue weighted by atomic mass is 9.34. The zero-order valence-corrected chi connectivity index (χ0v) is 13.7. The van der Waals surface area contributed by atoms with E-state index in [2.05, 4.69) is 58.9 Å². The third kappa shape index (κ3) is 1.86. The number of fused-ring (bicyclic) bond motifs is 2. The molecule has 110 valence electrons. The average molecular weight is 281 g/mol. The van der Waals surface area contributed by atoms with Crippen LogP contribution >= 0.6 is 0 Å². The van der Waals surface area contributed by atoms with Gasteiger partial charge in [0.2, 0.25) is 6.71 Å². The Morgan fingerprint density at radius 2 is 1.90 bits per heavy atom. The van der Waals surface area contributed by atoms with Crippen molar-refractivity contribution in [1.29, 1.82) is 0 Å². The molecule has 0 aliphatic carbocycles. The molecule has 3 rings (SSSR count). The van der Waals surface area contributed by atoms with Gasteiger partial charge in [-0.15, -0.1) is 0 Å². The quantitative estimate of drug-likeness (QED) is 0.858. The number of hydrogen-bond acceptors (Lipinski definition) is 2. The number of nitrogens with two attached hydrogens (primary N) is 1. The van der Waals surface area contributed by atoms with Crippen LogP contribution in [-0.4, -0.2) is 6.71 Å². The van der Waals surface area contributed by atoms with E-state index in [0.717, 1.165) is 23.5 Å². The summed E-state index contributed by atoms with van der Waals surface area (Å²) in [5.74, 6) is 2.32. The Labute approximate surface area is 127 Å². The van der Waals surface area contributed by atoms with Crippen LogP contribution in [0, 0.1) is 0 Å². The first-order chi connectivity index (χ1) is 9.89. The second-order valence-corrected chi connectivity index (χ2v) is 6.95. The lowest BCUT2D eigenvalue weighted by molar-refractivity contribution is 0.395. The summed E-state index contributed by atoms with van der Waals surface area (Å²) in [6, 6.07) is 8.72. The van der Waals surface area contributed by atoms with Gasteiger partial charge in [-0.2, -0.15) is 0 Å². The standard InChI is InChI=1S/C18H24BNO/c1-6-19-13-10-8-7-9-12(13)18(4,5)17-14(19)15(20)16(21-17)11(2)3/h7-11H,6,20H2,1-5H3. The minimum absolute atomic E-state index is 0.126. The number of hydrogen-bond donors (Lipinski definition) is 1. The summed E-state index contributed by atoms with van der Waals surface area (Å²) in [7, 11) is 0. The fourth-order valence-electron chi connectivity index (χ4n) is 3.79. The van der Waals surface area contributed by atoms with Crippen LogP contribution in [0.1, 0.15) is 57.6 Å². The maximum Gasteiger partial charge on any atom is 0.216 e. The lowest BCUT2D eigenvalue weighted by Gasteiger charge is -2.34. The fourth-order valence-corrected chi connectivity index (χ4v) is 3.79. The number of furan rings is 1. The molecule has 3 heteroatoms. The zero-order chi connectivity index (χ0) is 15.4. The van der Waals surface area contributed by atoms with E-state index in [1.807, 2.05) is 0 Å². The van der Waals surface area contributed by atoms with Gasteiger partial charge in [-0.1, -0.05) is 56.8 Å². The summed E-state index contributed by atoms with van der Waals surface area (Å²) in [4.78, 5) is 0. The highest BCUT2D eigenvalue weighted by atomic mass is 16.3. The van der Waals surface area contributed by atoms with Crippen LogP contribution < -0.4 is 16.7 Å². The third-order valence-electron chi connectivity index (χ3n) is 4.87. The molecule has 0 spiro atoms. The third-order valence-corrected chi connectivity index (χ3v) is 4.87. The smallest absolute Gasteiger partial charge is 0.216 e. The van der Waals surface area contributed by atoms with Crippen LogP contribution in [0.5, 0.6) is 0 Å². The summed E-state index contributed by atoms with van der Waals surface area (Å²) in [6.07, 6.45) is 1.04. The minimum Gasteiger partial charge on any atom is -0.463 e. The lowest BCUT2D eigenvalue weighted by Crippen LogP contribution is -2.53. The summed E-state index contributed by atoms with van der Waals surface area (Å²) in [6.45, 7) is 11.3. The largest absolute Gasteiger partial charge is 0.463 e. The van der Waals surface area contributed by atoms with Crippen molar-refractivity contribution in [3.63, 3.8) is 0 Å². The molecule has 1 aromatic carbocycles. The molecule has 21 heavy (non-hydrogen) atoms. The highest BCUT2D eigenvalue weighted by molar-refractivity contribution is 6.87. The maximum atomic E-state index is 6.48. The van der Waals surface area contributed by atoms with E-state index in [1.165, 1.54) is 16.5 Å². The minimum atomic E-state index is -0.126. The molecule has 0 bridgehead atoms. The maximum absolute atomic E-state index is 6.48. The highest BCUT2D eigenvalue weighted by Gasteiger charge is 2.43. The predicted octanol–water partition coefficient (Wildman–Crippen LogP) is 3.25. The van der Waals surface area contributed by atoms with E-state index in [1.54, 1.807) is 0 Å². The SMILES string of the molecule is CCB1c2ccccc2C(C)(C)c2oc(C(C)C)c(N)c21. The first-order valence-electron chi connectivity index (χ1n) is 7.91. The first-order valence-corrected chi connectivity index (χ1v) is 7.91. The molecule has 1 aliphatic heterocycles.